The molecule has 0 bridgehead atoms. The average molecular weight is 537 g/mol. The highest BCUT2D eigenvalue weighted by molar-refractivity contribution is 7.98. The van der Waals surface area contributed by atoms with Crippen molar-refractivity contribution in [3.05, 3.63) is 12.1 Å². The van der Waals surface area contributed by atoms with E-state index in [4.69, 9.17) is 4.74 Å². The fourth-order valence-electron chi connectivity index (χ4n) is 5.14. The molecule has 3 aliphatic rings. The van der Waals surface area contributed by atoms with Gasteiger partial charge in [-0.3, -0.25) is 4.79 Å². The Morgan fingerprint density at radius 1 is 1.34 bits per heavy atom. The smallest absolute Gasteiger partial charge is 0.309 e. The number of likely N-dealkylation sites (N-methyl/N-ethyl adjacent to an activating group) is 1. The van der Waals surface area contributed by atoms with E-state index in [1.54, 1.807) is 6.92 Å². The highest BCUT2D eigenvalue weighted by Gasteiger charge is 2.72. The van der Waals surface area contributed by atoms with Gasteiger partial charge in [-0.1, -0.05) is 0 Å². The summed E-state index contributed by atoms with van der Waals surface area (Å²) in [6.07, 6.45) is 2.71. The van der Waals surface area contributed by atoms with Gasteiger partial charge in [-0.05, 0) is 70.5 Å². The number of alkyl halides is 4. The van der Waals surface area contributed by atoms with E-state index in [1.807, 2.05) is 29.7 Å². The molecule has 11 heteroatoms. The van der Waals surface area contributed by atoms with E-state index in [9.17, 15) is 27.5 Å². The minimum atomic E-state index is -2.78. The predicted molar refractivity (Wildman–Crippen MR) is 130 cm³/mol. The zero-order valence-corrected chi connectivity index (χ0v) is 21.9. The summed E-state index contributed by atoms with van der Waals surface area (Å²) >= 11 is 2.90. The van der Waals surface area contributed by atoms with Gasteiger partial charge in [0.15, 0.2) is 0 Å². The highest BCUT2D eigenvalue weighted by Crippen LogP contribution is 2.65. The second-order valence-corrected chi connectivity index (χ2v) is 12.1. The lowest BCUT2D eigenvalue weighted by atomic mass is 10.0. The highest BCUT2D eigenvalue weighted by atomic mass is 32.2. The van der Waals surface area contributed by atoms with Gasteiger partial charge in [0, 0.05) is 36.9 Å². The van der Waals surface area contributed by atoms with Gasteiger partial charge in [-0.15, -0.1) is 11.8 Å². The van der Waals surface area contributed by atoms with E-state index in [-0.39, 0.29) is 31.5 Å². The van der Waals surface area contributed by atoms with Crippen LogP contribution in [0.2, 0.25) is 0 Å². The number of thioether (sulfide) groups is 1. The molecule has 35 heavy (non-hydrogen) atoms. The number of carboxylic acids is 1. The Bertz CT molecular complexity index is 947. The lowest BCUT2D eigenvalue weighted by molar-refractivity contribution is -0.142. The van der Waals surface area contributed by atoms with Crippen molar-refractivity contribution in [2.24, 2.45) is 17.8 Å². The van der Waals surface area contributed by atoms with Gasteiger partial charge in [0.05, 0.1) is 21.4 Å². The van der Waals surface area contributed by atoms with Crippen LogP contribution in [0.3, 0.4) is 0 Å². The molecule has 5 nitrogen and oxygen atoms in total. The topological polar surface area (TPSA) is 53.0 Å². The first-order chi connectivity index (χ1) is 16.3. The molecule has 0 radical (unpaired) electrons. The largest absolute Gasteiger partial charge is 0.491 e. The third kappa shape index (κ3) is 5.66. The summed E-state index contributed by atoms with van der Waals surface area (Å²) in [5, 5.41) is 9.20. The van der Waals surface area contributed by atoms with Crippen LogP contribution >= 0.6 is 23.7 Å². The van der Waals surface area contributed by atoms with Gasteiger partial charge < -0.3 is 14.7 Å². The van der Waals surface area contributed by atoms with Crippen LogP contribution in [0.4, 0.5) is 23.2 Å². The maximum absolute atomic E-state index is 14.0. The molecule has 1 heterocycles. The van der Waals surface area contributed by atoms with Crippen molar-refractivity contribution < 1.29 is 32.2 Å². The maximum Gasteiger partial charge on any atom is 0.309 e. The molecule has 2 fully saturated rings. The SMILES string of the molecule is CSc1cc2c(cc1OCC(C)C(=O)O)SN(C)C(CCC(C)(F)F)CN2C1CC2C(C1)C2(F)F. The summed E-state index contributed by atoms with van der Waals surface area (Å²) in [7, 11) is 1.87. The fourth-order valence-corrected chi connectivity index (χ4v) is 6.75. The van der Waals surface area contributed by atoms with Crippen LogP contribution in [-0.4, -0.2) is 65.8 Å². The Balaban J connectivity index is 1.64. The number of hydrogen-bond donors (Lipinski definition) is 1. The Morgan fingerprint density at radius 3 is 2.57 bits per heavy atom. The summed E-state index contributed by atoms with van der Waals surface area (Å²) in [6.45, 7) is 2.99. The number of anilines is 1. The quantitative estimate of drug-likeness (QED) is 0.232. The lowest BCUT2D eigenvalue weighted by Gasteiger charge is -2.36. The summed E-state index contributed by atoms with van der Waals surface area (Å²) in [6, 6.07) is 3.57. The van der Waals surface area contributed by atoms with Crippen molar-refractivity contribution in [1.82, 2.24) is 4.31 Å². The van der Waals surface area contributed by atoms with Crippen molar-refractivity contribution >= 4 is 35.4 Å². The number of carbonyl (C=O) groups is 1. The number of rotatable bonds is 9. The van der Waals surface area contributed by atoms with E-state index in [0.717, 1.165) is 22.4 Å². The van der Waals surface area contributed by atoms with Crippen LogP contribution < -0.4 is 9.64 Å². The second-order valence-electron chi connectivity index (χ2n) is 10.1. The number of hydrogen-bond acceptors (Lipinski definition) is 6. The molecule has 196 valence electrons. The minimum absolute atomic E-state index is 0.0151. The normalized spacial score (nSPS) is 28.7. The molecule has 0 saturated heterocycles. The summed E-state index contributed by atoms with van der Waals surface area (Å²) in [4.78, 5) is 15.0. The first-order valence-corrected chi connectivity index (χ1v) is 13.8. The molecular weight excluding hydrogens is 504 g/mol. The summed E-state index contributed by atoms with van der Waals surface area (Å²) in [5.41, 5.74) is 0.894. The van der Waals surface area contributed by atoms with Crippen LogP contribution in [0, 0.1) is 17.8 Å². The second kappa shape index (κ2) is 9.85. The minimum Gasteiger partial charge on any atom is -0.491 e. The van der Waals surface area contributed by atoms with Crippen molar-refractivity contribution in [2.45, 2.75) is 73.3 Å². The number of carboxylic acid groups (broad SMARTS) is 1. The monoisotopic (exact) mass is 536 g/mol. The Morgan fingerprint density at radius 2 is 2.00 bits per heavy atom. The van der Waals surface area contributed by atoms with E-state index < -0.39 is 35.6 Å². The summed E-state index contributed by atoms with van der Waals surface area (Å²) in [5.74, 6) is -7.61. The van der Waals surface area contributed by atoms with E-state index in [0.29, 0.717) is 25.1 Å². The van der Waals surface area contributed by atoms with Gasteiger partial charge in [-0.2, -0.15) is 0 Å². The molecular formula is C24H32F4N2O3S2. The zero-order chi connectivity index (χ0) is 25.7. The zero-order valence-electron chi connectivity index (χ0n) is 20.3. The first kappa shape index (κ1) is 26.7. The van der Waals surface area contributed by atoms with Crippen LogP contribution in [-0.2, 0) is 4.79 Å². The van der Waals surface area contributed by atoms with Crippen molar-refractivity contribution in [3.63, 3.8) is 0 Å². The molecule has 0 amide bonds. The predicted octanol–water partition coefficient (Wildman–Crippen LogP) is 6.11. The third-order valence-corrected chi connectivity index (χ3v) is 9.27. The number of halogens is 4. The van der Waals surface area contributed by atoms with E-state index in [1.165, 1.54) is 23.7 Å². The molecule has 1 aliphatic heterocycles. The molecule has 1 N–H and O–H groups in total. The standard InChI is InChI=1S/C24H32F4N2O3S2/c1-13(22(31)32)12-33-19-10-20-18(9-21(19)34-4)30(15-7-16-17(8-15)24(16,27)28)11-14(29(3)35-20)5-6-23(2,25)26/h9-10,13-17H,5-8,11-12H2,1-4H3,(H,31,32). The number of fused-ring (bicyclic) bond motifs is 2. The third-order valence-electron chi connectivity index (χ3n) is 7.40. The van der Waals surface area contributed by atoms with Gasteiger partial charge in [0.1, 0.15) is 12.4 Å². The maximum atomic E-state index is 14.0. The molecule has 0 aromatic heterocycles. The van der Waals surface area contributed by atoms with E-state index >= 15 is 0 Å². The van der Waals surface area contributed by atoms with Crippen LogP contribution in [0.1, 0.15) is 39.5 Å². The number of benzene rings is 1. The van der Waals surface area contributed by atoms with Crippen molar-refractivity contribution in [2.75, 3.05) is 31.4 Å². The lowest BCUT2D eigenvalue weighted by Crippen LogP contribution is -2.44. The molecule has 1 aromatic rings. The van der Waals surface area contributed by atoms with Gasteiger partial charge in [0.2, 0.25) is 5.92 Å². The Kier molecular flexibility index (Phi) is 7.52. The average Bonchev–Trinajstić information content (AvgIpc) is 3.09. The molecule has 2 saturated carbocycles. The Labute approximate surface area is 212 Å². The molecule has 1 aromatic carbocycles. The molecule has 4 rings (SSSR count). The van der Waals surface area contributed by atoms with Crippen LogP contribution in [0.15, 0.2) is 21.9 Å². The first-order valence-electron chi connectivity index (χ1n) is 11.8. The van der Waals surface area contributed by atoms with Gasteiger partial charge in [-0.25, -0.2) is 21.9 Å². The van der Waals surface area contributed by atoms with Crippen molar-refractivity contribution in [1.29, 1.82) is 0 Å². The number of nitrogens with zero attached hydrogens (tertiary/aromatic N) is 2. The van der Waals surface area contributed by atoms with Crippen molar-refractivity contribution in [3.8, 4) is 5.75 Å². The Hall–Kier alpha value is -1.33. The summed E-state index contributed by atoms with van der Waals surface area (Å²) < 4.78 is 63.1. The molecule has 0 spiro atoms. The number of ether oxygens (including phenoxy) is 1. The van der Waals surface area contributed by atoms with E-state index in [2.05, 4.69) is 4.90 Å². The van der Waals surface area contributed by atoms with Gasteiger partial charge in [0.25, 0.3) is 5.92 Å². The molecule has 4 atom stereocenters. The molecule has 2 aliphatic carbocycles. The van der Waals surface area contributed by atoms with Crippen LogP contribution in [0.5, 0.6) is 5.75 Å². The number of aliphatic carboxylic acids is 1. The molecule has 4 unspecified atom stereocenters. The van der Waals surface area contributed by atoms with Crippen LogP contribution in [0.25, 0.3) is 0 Å². The van der Waals surface area contributed by atoms with Gasteiger partial charge >= 0.3 is 5.97 Å². The fraction of sp³-hybridized carbons (Fsp3) is 0.708.